The predicted molar refractivity (Wildman–Crippen MR) is 103 cm³/mol. The van der Waals surface area contributed by atoms with Crippen molar-refractivity contribution in [3.8, 4) is 11.5 Å². The summed E-state index contributed by atoms with van der Waals surface area (Å²) in [5.74, 6) is 1.10. The van der Waals surface area contributed by atoms with Crippen molar-refractivity contribution in [3.05, 3.63) is 53.1 Å². The summed E-state index contributed by atoms with van der Waals surface area (Å²) in [5, 5.41) is 0.481. The molecule has 1 fully saturated rings. The molecule has 0 aromatic heterocycles. The van der Waals surface area contributed by atoms with Gasteiger partial charge < -0.3 is 14.4 Å². The van der Waals surface area contributed by atoms with Crippen molar-refractivity contribution in [1.82, 2.24) is 9.62 Å². The first-order chi connectivity index (χ1) is 13.4. The molecular weight excluding hydrogens is 404 g/mol. The number of nitrogens with zero attached hydrogens (tertiary/aromatic N) is 1. The topological polar surface area (TPSA) is 84.9 Å². The molecular formula is C19H19ClN2O5S. The average Bonchev–Trinajstić information content (AvgIpc) is 3.16. The minimum atomic E-state index is -3.62. The van der Waals surface area contributed by atoms with E-state index in [4.69, 9.17) is 21.1 Å². The molecule has 2 aromatic carbocycles. The van der Waals surface area contributed by atoms with Crippen LogP contribution in [0.1, 0.15) is 23.2 Å². The van der Waals surface area contributed by atoms with E-state index >= 15 is 0 Å². The average molecular weight is 423 g/mol. The highest BCUT2D eigenvalue weighted by atomic mass is 35.5. The largest absolute Gasteiger partial charge is 0.454 e. The number of carbonyl (C=O) groups is 1. The molecule has 148 valence electrons. The lowest BCUT2D eigenvalue weighted by Gasteiger charge is -2.32. The molecule has 0 unspecified atom stereocenters. The first kappa shape index (κ1) is 19.0. The van der Waals surface area contributed by atoms with Gasteiger partial charge in [-0.25, -0.2) is 13.1 Å². The van der Waals surface area contributed by atoms with Crippen LogP contribution in [0.5, 0.6) is 11.5 Å². The molecule has 0 radical (unpaired) electrons. The van der Waals surface area contributed by atoms with Crippen molar-refractivity contribution in [2.24, 2.45) is 0 Å². The van der Waals surface area contributed by atoms with Gasteiger partial charge in [0.05, 0.1) is 4.90 Å². The summed E-state index contributed by atoms with van der Waals surface area (Å²) in [4.78, 5) is 14.6. The van der Waals surface area contributed by atoms with Gasteiger partial charge in [-0.3, -0.25) is 4.79 Å². The number of hydrogen-bond donors (Lipinski definition) is 1. The maximum atomic E-state index is 12.7. The van der Waals surface area contributed by atoms with Gasteiger partial charge in [0, 0.05) is 29.7 Å². The smallest absolute Gasteiger partial charge is 0.253 e. The van der Waals surface area contributed by atoms with Gasteiger partial charge in [-0.2, -0.15) is 0 Å². The van der Waals surface area contributed by atoms with Crippen LogP contribution >= 0.6 is 11.6 Å². The van der Waals surface area contributed by atoms with Gasteiger partial charge in [0.2, 0.25) is 16.8 Å². The SMILES string of the molecule is O=C(c1ccc2c(c1)OCO2)N1CCC(NS(=O)(=O)c2ccc(Cl)cc2)CC1. The lowest BCUT2D eigenvalue weighted by Crippen LogP contribution is -2.46. The summed E-state index contributed by atoms with van der Waals surface area (Å²) in [6.45, 7) is 1.11. The molecule has 4 rings (SSSR count). The second kappa shape index (κ2) is 7.62. The van der Waals surface area contributed by atoms with Gasteiger partial charge in [-0.1, -0.05) is 11.6 Å². The maximum absolute atomic E-state index is 12.7. The zero-order chi connectivity index (χ0) is 19.7. The molecule has 0 aliphatic carbocycles. The Labute approximate surface area is 168 Å². The Morgan fingerprint density at radius 2 is 1.71 bits per heavy atom. The fraction of sp³-hybridized carbons (Fsp3) is 0.316. The monoisotopic (exact) mass is 422 g/mol. The number of rotatable bonds is 4. The molecule has 0 saturated carbocycles. The van der Waals surface area contributed by atoms with Crippen molar-refractivity contribution in [2.45, 2.75) is 23.8 Å². The van der Waals surface area contributed by atoms with Gasteiger partial charge >= 0.3 is 0 Å². The Hall–Kier alpha value is -2.29. The standard InChI is InChI=1S/C19H19ClN2O5S/c20-14-2-4-16(5-3-14)28(24,25)21-15-7-9-22(10-8-15)19(23)13-1-6-17-18(11-13)27-12-26-17/h1-6,11,15,21H,7-10,12H2. The van der Waals surface area contributed by atoms with Gasteiger partial charge in [0.1, 0.15) is 0 Å². The van der Waals surface area contributed by atoms with E-state index in [-0.39, 0.29) is 23.6 Å². The molecule has 0 spiro atoms. The van der Waals surface area contributed by atoms with Gasteiger partial charge in [-0.15, -0.1) is 0 Å². The van der Waals surface area contributed by atoms with Crippen molar-refractivity contribution >= 4 is 27.5 Å². The molecule has 2 aliphatic heterocycles. The Morgan fingerprint density at radius 1 is 1.04 bits per heavy atom. The molecule has 2 aliphatic rings. The van der Waals surface area contributed by atoms with Crippen molar-refractivity contribution in [2.75, 3.05) is 19.9 Å². The number of likely N-dealkylation sites (tertiary alicyclic amines) is 1. The van der Waals surface area contributed by atoms with E-state index in [1.165, 1.54) is 12.1 Å². The first-order valence-electron chi connectivity index (χ1n) is 8.89. The third-order valence-corrected chi connectivity index (χ3v) is 6.64. The zero-order valence-electron chi connectivity index (χ0n) is 14.9. The Morgan fingerprint density at radius 3 is 2.43 bits per heavy atom. The number of hydrogen-bond acceptors (Lipinski definition) is 5. The van der Waals surface area contributed by atoms with Crippen molar-refractivity contribution in [3.63, 3.8) is 0 Å². The van der Waals surface area contributed by atoms with Crippen LogP contribution in [0, 0.1) is 0 Å². The van der Waals surface area contributed by atoms with E-state index in [0.29, 0.717) is 48.0 Å². The van der Waals surface area contributed by atoms with E-state index in [2.05, 4.69) is 4.72 Å². The van der Waals surface area contributed by atoms with Gasteiger partial charge in [0.25, 0.3) is 5.91 Å². The van der Waals surface area contributed by atoms with E-state index < -0.39 is 10.0 Å². The number of piperidine rings is 1. The van der Waals surface area contributed by atoms with Gasteiger partial charge in [-0.05, 0) is 55.3 Å². The molecule has 1 N–H and O–H groups in total. The van der Waals surface area contributed by atoms with E-state index in [1.807, 2.05) is 0 Å². The molecule has 9 heteroatoms. The minimum absolute atomic E-state index is 0.0997. The number of nitrogens with one attached hydrogen (secondary N) is 1. The maximum Gasteiger partial charge on any atom is 0.253 e. The Balaban J connectivity index is 1.36. The minimum Gasteiger partial charge on any atom is -0.454 e. The Bertz CT molecular complexity index is 986. The summed E-state index contributed by atoms with van der Waals surface area (Å²) in [5.41, 5.74) is 0.532. The normalized spacial score (nSPS) is 17.0. The number of fused-ring (bicyclic) bond motifs is 1. The van der Waals surface area contributed by atoms with E-state index in [0.717, 1.165) is 0 Å². The highest BCUT2D eigenvalue weighted by Crippen LogP contribution is 2.33. The molecule has 1 saturated heterocycles. The first-order valence-corrected chi connectivity index (χ1v) is 10.8. The van der Waals surface area contributed by atoms with Crippen molar-refractivity contribution in [1.29, 1.82) is 0 Å². The second-order valence-electron chi connectivity index (χ2n) is 6.71. The summed E-state index contributed by atoms with van der Waals surface area (Å²) >= 11 is 5.81. The molecule has 2 heterocycles. The van der Waals surface area contributed by atoms with Crippen LogP contribution in [0.4, 0.5) is 0 Å². The summed E-state index contributed by atoms with van der Waals surface area (Å²) in [7, 11) is -3.62. The van der Waals surface area contributed by atoms with E-state index in [9.17, 15) is 13.2 Å². The lowest BCUT2D eigenvalue weighted by atomic mass is 10.0. The van der Waals surface area contributed by atoms with Crippen LogP contribution in [0.2, 0.25) is 5.02 Å². The number of carbonyl (C=O) groups excluding carboxylic acids is 1. The lowest BCUT2D eigenvalue weighted by molar-refractivity contribution is 0.0711. The third kappa shape index (κ3) is 3.94. The highest BCUT2D eigenvalue weighted by molar-refractivity contribution is 7.89. The van der Waals surface area contributed by atoms with Crippen LogP contribution in [0.3, 0.4) is 0 Å². The van der Waals surface area contributed by atoms with Crippen LogP contribution < -0.4 is 14.2 Å². The van der Waals surface area contributed by atoms with Crippen LogP contribution in [-0.4, -0.2) is 45.1 Å². The fourth-order valence-electron chi connectivity index (χ4n) is 3.31. The number of halogens is 1. The summed E-state index contributed by atoms with van der Waals surface area (Å²) < 4.78 is 38.3. The Kier molecular flexibility index (Phi) is 5.18. The third-order valence-electron chi connectivity index (χ3n) is 4.85. The quantitative estimate of drug-likeness (QED) is 0.818. The zero-order valence-corrected chi connectivity index (χ0v) is 16.5. The fourth-order valence-corrected chi connectivity index (χ4v) is 4.74. The van der Waals surface area contributed by atoms with E-state index in [1.54, 1.807) is 35.2 Å². The summed E-state index contributed by atoms with van der Waals surface area (Å²) in [6.07, 6.45) is 1.09. The summed E-state index contributed by atoms with van der Waals surface area (Å²) in [6, 6.07) is 10.9. The second-order valence-corrected chi connectivity index (χ2v) is 8.86. The number of amides is 1. The van der Waals surface area contributed by atoms with Crippen LogP contribution in [0.15, 0.2) is 47.4 Å². The van der Waals surface area contributed by atoms with Gasteiger partial charge in [0.15, 0.2) is 11.5 Å². The molecule has 7 nitrogen and oxygen atoms in total. The number of sulfonamides is 1. The number of ether oxygens (including phenoxy) is 2. The molecule has 28 heavy (non-hydrogen) atoms. The van der Waals surface area contributed by atoms with Crippen molar-refractivity contribution < 1.29 is 22.7 Å². The number of benzene rings is 2. The molecule has 0 atom stereocenters. The highest BCUT2D eigenvalue weighted by Gasteiger charge is 2.28. The predicted octanol–water partition coefficient (Wildman–Crippen LogP) is 2.65. The molecule has 2 aromatic rings. The molecule has 1 amide bonds. The van der Waals surface area contributed by atoms with Crippen LogP contribution in [0.25, 0.3) is 0 Å². The molecule has 0 bridgehead atoms. The van der Waals surface area contributed by atoms with Crippen LogP contribution in [-0.2, 0) is 10.0 Å².